The average Bonchev–Trinajstić information content (AvgIpc) is 3.52. The summed E-state index contributed by atoms with van der Waals surface area (Å²) in [4.78, 5) is 3.76. The molecular weight excluding hydrogens is 454 g/mol. The molecule has 0 bridgehead atoms. The van der Waals surface area contributed by atoms with Crippen LogP contribution in [-0.4, -0.2) is 12.1 Å². The smallest absolute Gasteiger partial charge is 0.135 e. The number of para-hydroxylation sites is 1. The number of hydrogen-bond acceptors (Lipinski definition) is 2. The molecule has 2 heterocycles. The highest BCUT2D eigenvalue weighted by atomic mass is 16.5. The first-order valence-electron chi connectivity index (χ1n) is 12.5. The number of benzene rings is 4. The molecule has 0 radical (unpaired) electrons. The number of hydrogen-bond donors (Lipinski definition) is 1. The number of aromatic nitrogens is 1. The molecule has 0 saturated heterocycles. The summed E-state index contributed by atoms with van der Waals surface area (Å²) in [6.07, 6.45) is 2.20. The van der Waals surface area contributed by atoms with Gasteiger partial charge in [0.1, 0.15) is 17.3 Å². The standard InChI is InChI=1S/C34H25NO2/c1-36-25-18-16-23(17-19-25)30-21-28-31(37-30)20-27(22-10-4-2-5-11-22)34-33(26-14-8-9-15-29(26)35-34)32(28)24-12-6-3-7-13-24/h2-21,32,35H,1H3. The first kappa shape index (κ1) is 21.5. The van der Waals surface area contributed by atoms with Crippen molar-refractivity contribution in [1.82, 2.24) is 4.98 Å². The van der Waals surface area contributed by atoms with Gasteiger partial charge in [-0.2, -0.15) is 0 Å². The minimum absolute atomic E-state index is 0.00978. The number of rotatable bonds is 4. The van der Waals surface area contributed by atoms with E-state index in [2.05, 4.69) is 102 Å². The number of methoxy groups -OCH3 is 1. The lowest BCUT2D eigenvalue weighted by atomic mass is 9.83. The minimum atomic E-state index is 0.00978. The number of ether oxygens (including phenoxy) is 1. The van der Waals surface area contributed by atoms with E-state index in [0.29, 0.717) is 0 Å². The third-order valence-electron chi connectivity index (χ3n) is 7.27. The fourth-order valence-corrected chi connectivity index (χ4v) is 5.53. The Morgan fingerprint density at radius 2 is 1.43 bits per heavy atom. The van der Waals surface area contributed by atoms with Gasteiger partial charge in [-0.05, 0) is 59.2 Å². The van der Waals surface area contributed by atoms with Crippen molar-refractivity contribution in [3.05, 3.63) is 149 Å². The summed E-state index contributed by atoms with van der Waals surface area (Å²) in [6, 6.07) is 40.1. The van der Waals surface area contributed by atoms with Gasteiger partial charge < -0.3 is 14.1 Å². The van der Waals surface area contributed by atoms with E-state index >= 15 is 0 Å². The van der Waals surface area contributed by atoms with Crippen LogP contribution in [0.1, 0.15) is 39.6 Å². The maximum absolute atomic E-state index is 6.63. The van der Waals surface area contributed by atoms with Crippen LogP contribution in [0, 0.1) is 0 Å². The minimum Gasteiger partial charge on any atom is -0.497 e. The zero-order valence-electron chi connectivity index (χ0n) is 20.4. The Hall–Kier alpha value is -4.76. The van der Waals surface area contributed by atoms with Crippen LogP contribution in [0.2, 0.25) is 0 Å². The van der Waals surface area contributed by atoms with Crippen molar-refractivity contribution < 1.29 is 9.15 Å². The highest BCUT2D eigenvalue weighted by Crippen LogP contribution is 2.48. The second-order valence-corrected chi connectivity index (χ2v) is 9.39. The molecule has 3 nitrogen and oxygen atoms in total. The number of H-pyrrole nitrogens is 1. The van der Waals surface area contributed by atoms with E-state index < -0.39 is 0 Å². The van der Waals surface area contributed by atoms with Gasteiger partial charge in [0.05, 0.1) is 12.8 Å². The predicted octanol–water partition coefficient (Wildman–Crippen LogP) is 8.52. The second-order valence-electron chi connectivity index (χ2n) is 9.39. The molecule has 178 valence electrons. The molecule has 0 aliphatic heterocycles. The molecule has 2 aromatic heterocycles. The van der Waals surface area contributed by atoms with E-state index in [-0.39, 0.29) is 5.92 Å². The van der Waals surface area contributed by atoms with Crippen molar-refractivity contribution >= 4 is 22.6 Å². The van der Waals surface area contributed by atoms with Gasteiger partial charge in [-0.15, -0.1) is 0 Å². The Balaban J connectivity index is 1.54. The zero-order valence-corrected chi connectivity index (χ0v) is 20.4. The molecule has 0 spiro atoms. The summed E-state index contributed by atoms with van der Waals surface area (Å²) in [5.74, 6) is 2.57. The van der Waals surface area contributed by atoms with Gasteiger partial charge in [0.2, 0.25) is 0 Å². The molecule has 7 rings (SSSR count). The maximum Gasteiger partial charge on any atom is 0.135 e. The van der Waals surface area contributed by atoms with Crippen molar-refractivity contribution in [3.63, 3.8) is 0 Å². The molecule has 1 atom stereocenters. The van der Waals surface area contributed by atoms with E-state index in [1.165, 1.54) is 16.5 Å². The monoisotopic (exact) mass is 479 g/mol. The van der Waals surface area contributed by atoms with Gasteiger partial charge in [0, 0.05) is 33.5 Å². The van der Waals surface area contributed by atoms with Crippen LogP contribution < -0.4 is 4.74 Å². The summed E-state index contributed by atoms with van der Waals surface area (Å²) in [5, 5.41) is 1.23. The van der Waals surface area contributed by atoms with Crippen LogP contribution >= 0.6 is 0 Å². The first-order valence-corrected chi connectivity index (χ1v) is 12.5. The number of furan rings is 1. The van der Waals surface area contributed by atoms with Gasteiger partial charge in [0.15, 0.2) is 0 Å². The second kappa shape index (κ2) is 8.72. The summed E-state index contributed by atoms with van der Waals surface area (Å²) in [7, 11) is 1.68. The molecule has 37 heavy (non-hydrogen) atoms. The van der Waals surface area contributed by atoms with Crippen LogP contribution in [0.5, 0.6) is 5.75 Å². The lowest BCUT2D eigenvalue weighted by molar-refractivity contribution is 0.415. The van der Waals surface area contributed by atoms with Gasteiger partial charge >= 0.3 is 0 Å². The molecule has 4 aromatic carbocycles. The number of fused-ring (bicyclic) bond motifs is 4. The van der Waals surface area contributed by atoms with E-state index in [4.69, 9.17) is 9.15 Å². The molecule has 0 saturated carbocycles. The number of aromatic amines is 1. The normalized spacial score (nSPS) is 14.5. The van der Waals surface area contributed by atoms with Crippen molar-refractivity contribution in [3.8, 4) is 17.1 Å². The topological polar surface area (TPSA) is 38.2 Å². The fourth-order valence-electron chi connectivity index (χ4n) is 5.53. The quantitative estimate of drug-likeness (QED) is 0.275. The lowest BCUT2D eigenvalue weighted by Gasteiger charge is -2.18. The summed E-state index contributed by atoms with van der Waals surface area (Å²) >= 11 is 0. The van der Waals surface area contributed by atoms with Crippen molar-refractivity contribution in [2.75, 3.05) is 7.11 Å². The third kappa shape index (κ3) is 3.59. The lowest BCUT2D eigenvalue weighted by Crippen LogP contribution is -2.04. The molecule has 1 N–H and O–H groups in total. The van der Waals surface area contributed by atoms with Crippen LogP contribution in [-0.2, 0) is 0 Å². The fraction of sp³-hybridized carbons (Fsp3) is 0.0588. The summed E-state index contributed by atoms with van der Waals surface area (Å²) < 4.78 is 12.0. The molecule has 3 heteroatoms. The maximum atomic E-state index is 6.63. The Morgan fingerprint density at radius 1 is 0.730 bits per heavy atom. The number of nitrogens with one attached hydrogen (secondary N) is 1. The summed E-state index contributed by atoms with van der Waals surface area (Å²) in [5.41, 5.74) is 9.25. The predicted molar refractivity (Wildman–Crippen MR) is 150 cm³/mol. The van der Waals surface area contributed by atoms with Crippen LogP contribution in [0.25, 0.3) is 33.9 Å². The Bertz CT molecular complexity index is 1740. The van der Waals surface area contributed by atoms with Crippen LogP contribution in [0.15, 0.2) is 120 Å². The molecule has 1 aliphatic carbocycles. The third-order valence-corrected chi connectivity index (χ3v) is 7.27. The van der Waals surface area contributed by atoms with Crippen LogP contribution in [0.4, 0.5) is 0 Å². The van der Waals surface area contributed by atoms with E-state index in [9.17, 15) is 0 Å². The van der Waals surface area contributed by atoms with E-state index in [1.54, 1.807) is 7.11 Å². The van der Waals surface area contributed by atoms with Crippen LogP contribution in [0.3, 0.4) is 0 Å². The van der Waals surface area contributed by atoms with Gasteiger partial charge in [-0.3, -0.25) is 0 Å². The Kier molecular flexibility index (Phi) is 5.07. The largest absolute Gasteiger partial charge is 0.497 e. The average molecular weight is 480 g/mol. The van der Waals surface area contributed by atoms with Crippen molar-refractivity contribution in [2.24, 2.45) is 0 Å². The molecular formula is C34H25NO2. The van der Waals surface area contributed by atoms with E-state index in [1.807, 2.05) is 24.3 Å². The highest BCUT2D eigenvalue weighted by Gasteiger charge is 2.32. The zero-order chi connectivity index (χ0) is 24.8. The van der Waals surface area contributed by atoms with Gasteiger partial charge in [-0.1, -0.05) is 78.9 Å². The molecule has 0 amide bonds. The first-order chi connectivity index (χ1) is 18.3. The summed E-state index contributed by atoms with van der Waals surface area (Å²) in [6.45, 7) is 0. The molecule has 0 fully saturated rings. The molecule has 1 unspecified atom stereocenters. The SMILES string of the molecule is COc1ccc(-c2cc3c(o2)C=C(c2ccccc2)c2[nH]c4ccccc4c2C3c2ccccc2)cc1. The van der Waals surface area contributed by atoms with Gasteiger partial charge in [0.25, 0.3) is 0 Å². The molecule has 1 aliphatic rings. The highest BCUT2D eigenvalue weighted by molar-refractivity contribution is 6.00. The Morgan fingerprint density at radius 3 is 2.19 bits per heavy atom. The molecule has 6 aromatic rings. The van der Waals surface area contributed by atoms with Gasteiger partial charge in [-0.25, -0.2) is 0 Å². The van der Waals surface area contributed by atoms with Crippen molar-refractivity contribution in [1.29, 1.82) is 0 Å². The van der Waals surface area contributed by atoms with Crippen molar-refractivity contribution in [2.45, 2.75) is 5.92 Å². The Labute approximate surface area is 215 Å². The van der Waals surface area contributed by atoms with E-state index in [0.717, 1.165) is 50.7 Å².